The minimum absolute atomic E-state index is 0.129. The summed E-state index contributed by atoms with van der Waals surface area (Å²) in [5.41, 5.74) is 1.09. The second-order valence-electron chi connectivity index (χ2n) is 2.12. The Morgan fingerprint density at radius 2 is 2.27 bits per heavy atom. The Balaban J connectivity index is 3.23. The van der Waals surface area contributed by atoms with Crippen molar-refractivity contribution in [3.63, 3.8) is 0 Å². The van der Waals surface area contributed by atoms with Crippen molar-refractivity contribution in [2.45, 2.75) is 5.75 Å². The summed E-state index contributed by atoms with van der Waals surface area (Å²) in [5.74, 6) is 0.505. The van der Waals surface area contributed by atoms with Crippen molar-refractivity contribution in [1.29, 1.82) is 0 Å². The molecule has 0 bridgehead atoms. The summed E-state index contributed by atoms with van der Waals surface area (Å²) in [7, 11) is 0. The van der Waals surface area contributed by atoms with Crippen LogP contribution in [-0.4, -0.2) is 11.4 Å². The van der Waals surface area contributed by atoms with Crippen molar-refractivity contribution >= 4 is 18.9 Å². The van der Waals surface area contributed by atoms with E-state index < -0.39 is 0 Å². The molecule has 0 atom stereocenters. The van der Waals surface area contributed by atoms with E-state index in [4.69, 9.17) is 0 Å². The summed E-state index contributed by atoms with van der Waals surface area (Å²) in [4.78, 5) is 10.4. The highest BCUT2D eigenvalue weighted by Gasteiger charge is 2.03. The molecule has 0 radical (unpaired) electrons. The molecular formula is C8H8O2S. The van der Waals surface area contributed by atoms with Crippen LogP contribution in [0.5, 0.6) is 5.75 Å². The predicted molar refractivity (Wildman–Crippen MR) is 46.2 cm³/mol. The molecule has 0 amide bonds. The molecule has 3 heteroatoms. The van der Waals surface area contributed by atoms with E-state index in [-0.39, 0.29) is 5.75 Å². The zero-order valence-corrected chi connectivity index (χ0v) is 6.71. The minimum Gasteiger partial charge on any atom is -0.508 e. The molecule has 0 saturated heterocycles. The Morgan fingerprint density at radius 1 is 1.55 bits per heavy atom. The summed E-state index contributed by atoms with van der Waals surface area (Å²) in [6.45, 7) is 0. The average molecular weight is 168 g/mol. The number of rotatable bonds is 2. The summed E-state index contributed by atoms with van der Waals surface area (Å²) in [6.07, 6.45) is 0.714. The van der Waals surface area contributed by atoms with Crippen LogP contribution in [0.3, 0.4) is 0 Å². The van der Waals surface area contributed by atoms with Gasteiger partial charge in [0, 0.05) is 16.9 Å². The number of thiol groups is 1. The monoisotopic (exact) mass is 168 g/mol. The fraction of sp³-hybridized carbons (Fsp3) is 0.125. The SMILES string of the molecule is O=Cc1cccc(O)c1CS. The van der Waals surface area contributed by atoms with Gasteiger partial charge in [0.05, 0.1) is 0 Å². The van der Waals surface area contributed by atoms with Gasteiger partial charge in [-0.25, -0.2) is 0 Å². The van der Waals surface area contributed by atoms with Gasteiger partial charge in [-0.1, -0.05) is 12.1 Å². The summed E-state index contributed by atoms with van der Waals surface area (Å²) in [5, 5.41) is 9.21. The number of hydrogen-bond donors (Lipinski definition) is 2. The fourth-order valence-corrected chi connectivity index (χ4v) is 1.22. The summed E-state index contributed by atoms with van der Waals surface area (Å²) in [6, 6.07) is 4.82. The molecule has 1 aromatic carbocycles. The van der Waals surface area contributed by atoms with Gasteiger partial charge in [0.15, 0.2) is 0 Å². The molecule has 1 aromatic rings. The van der Waals surface area contributed by atoms with Crippen LogP contribution < -0.4 is 0 Å². The van der Waals surface area contributed by atoms with Crippen molar-refractivity contribution in [2.75, 3.05) is 0 Å². The molecule has 0 aliphatic heterocycles. The second-order valence-corrected chi connectivity index (χ2v) is 2.44. The van der Waals surface area contributed by atoms with Crippen molar-refractivity contribution in [1.82, 2.24) is 0 Å². The third-order valence-corrected chi connectivity index (χ3v) is 1.79. The van der Waals surface area contributed by atoms with Gasteiger partial charge in [-0.15, -0.1) is 0 Å². The maximum Gasteiger partial charge on any atom is 0.150 e. The molecular weight excluding hydrogens is 160 g/mol. The van der Waals surface area contributed by atoms with E-state index in [0.29, 0.717) is 23.2 Å². The molecule has 0 fully saturated rings. The lowest BCUT2D eigenvalue weighted by Crippen LogP contribution is -1.88. The number of phenolic OH excluding ortho intramolecular Hbond substituents is 1. The third-order valence-electron chi connectivity index (χ3n) is 1.47. The molecule has 0 aliphatic carbocycles. The normalized spacial score (nSPS) is 9.55. The van der Waals surface area contributed by atoms with Crippen LogP contribution in [-0.2, 0) is 5.75 Å². The van der Waals surface area contributed by atoms with Crippen molar-refractivity contribution in [2.24, 2.45) is 0 Å². The van der Waals surface area contributed by atoms with Crippen LogP contribution in [0.2, 0.25) is 0 Å². The highest BCUT2D eigenvalue weighted by atomic mass is 32.1. The molecule has 0 aromatic heterocycles. The smallest absolute Gasteiger partial charge is 0.150 e. The van der Waals surface area contributed by atoms with E-state index in [9.17, 15) is 9.90 Å². The number of hydrogen-bond acceptors (Lipinski definition) is 3. The maximum absolute atomic E-state index is 10.4. The molecule has 0 unspecified atom stereocenters. The van der Waals surface area contributed by atoms with Crippen LogP contribution in [0.15, 0.2) is 18.2 Å². The zero-order valence-electron chi connectivity index (χ0n) is 5.82. The van der Waals surface area contributed by atoms with Gasteiger partial charge in [-0.3, -0.25) is 4.79 Å². The minimum atomic E-state index is 0.129. The van der Waals surface area contributed by atoms with E-state index in [1.807, 2.05) is 0 Å². The van der Waals surface area contributed by atoms with Crippen molar-refractivity contribution < 1.29 is 9.90 Å². The van der Waals surface area contributed by atoms with Crippen LogP contribution in [0, 0.1) is 0 Å². The molecule has 1 rings (SSSR count). The predicted octanol–water partition coefficient (Wildman–Crippen LogP) is 1.63. The zero-order chi connectivity index (χ0) is 8.27. The summed E-state index contributed by atoms with van der Waals surface area (Å²) < 4.78 is 0. The van der Waals surface area contributed by atoms with Gasteiger partial charge >= 0.3 is 0 Å². The Labute approximate surface area is 70.3 Å². The van der Waals surface area contributed by atoms with E-state index >= 15 is 0 Å². The van der Waals surface area contributed by atoms with Gasteiger partial charge < -0.3 is 5.11 Å². The molecule has 0 spiro atoms. The van der Waals surface area contributed by atoms with Crippen molar-refractivity contribution in [3.05, 3.63) is 29.3 Å². The van der Waals surface area contributed by atoms with E-state index in [1.54, 1.807) is 18.2 Å². The lowest BCUT2D eigenvalue weighted by Gasteiger charge is -2.02. The lowest BCUT2D eigenvalue weighted by atomic mass is 10.1. The van der Waals surface area contributed by atoms with Crippen molar-refractivity contribution in [3.8, 4) is 5.75 Å². The third kappa shape index (κ3) is 1.54. The first-order valence-corrected chi connectivity index (χ1v) is 3.79. The van der Waals surface area contributed by atoms with Gasteiger partial charge in [0.1, 0.15) is 12.0 Å². The number of carbonyl (C=O) groups excluding carboxylic acids is 1. The highest BCUT2D eigenvalue weighted by molar-refractivity contribution is 7.79. The van der Waals surface area contributed by atoms with Gasteiger partial charge in [0.25, 0.3) is 0 Å². The van der Waals surface area contributed by atoms with Crippen LogP contribution in [0.1, 0.15) is 15.9 Å². The van der Waals surface area contributed by atoms with Crippen LogP contribution in [0.4, 0.5) is 0 Å². The highest BCUT2D eigenvalue weighted by Crippen LogP contribution is 2.21. The number of carbonyl (C=O) groups is 1. The van der Waals surface area contributed by atoms with Gasteiger partial charge in [-0.05, 0) is 6.07 Å². The number of benzene rings is 1. The number of aromatic hydroxyl groups is 1. The first-order valence-electron chi connectivity index (χ1n) is 3.16. The quantitative estimate of drug-likeness (QED) is 0.520. The molecule has 1 N–H and O–H groups in total. The Kier molecular flexibility index (Phi) is 2.54. The molecule has 0 heterocycles. The molecule has 11 heavy (non-hydrogen) atoms. The lowest BCUT2D eigenvalue weighted by molar-refractivity contribution is 0.112. The Morgan fingerprint density at radius 3 is 2.73 bits per heavy atom. The second kappa shape index (κ2) is 3.44. The Hall–Kier alpha value is -0.960. The maximum atomic E-state index is 10.4. The van der Waals surface area contributed by atoms with E-state index in [1.165, 1.54) is 0 Å². The van der Waals surface area contributed by atoms with E-state index in [2.05, 4.69) is 12.6 Å². The topological polar surface area (TPSA) is 37.3 Å². The Bertz CT molecular complexity index is 271. The first kappa shape index (κ1) is 8.14. The first-order chi connectivity index (χ1) is 5.29. The van der Waals surface area contributed by atoms with Crippen LogP contribution in [0.25, 0.3) is 0 Å². The molecule has 2 nitrogen and oxygen atoms in total. The van der Waals surface area contributed by atoms with E-state index in [0.717, 1.165) is 0 Å². The fourth-order valence-electron chi connectivity index (χ4n) is 0.875. The molecule has 0 saturated carbocycles. The number of aldehydes is 1. The average Bonchev–Trinajstić information content (AvgIpc) is 2.04. The van der Waals surface area contributed by atoms with Gasteiger partial charge in [-0.2, -0.15) is 12.6 Å². The standard InChI is InChI=1S/C8H8O2S/c9-4-6-2-1-3-8(10)7(6)5-11/h1-4,10-11H,5H2. The van der Waals surface area contributed by atoms with Crippen LogP contribution >= 0.6 is 12.6 Å². The molecule has 58 valence electrons. The van der Waals surface area contributed by atoms with Gasteiger partial charge in [0.2, 0.25) is 0 Å². The largest absolute Gasteiger partial charge is 0.508 e. The summed E-state index contributed by atoms with van der Waals surface area (Å²) >= 11 is 3.98. The molecule has 0 aliphatic rings. The number of phenols is 1.